The molecule has 0 amide bonds. The standard InChI is InChI=1S/C9H10F3NO6P2S/c10-9(11,12)5-1-3-6(4-2-5)13-7(22)8(20(14,15)16)21(17,18)19/h1-4,8H,(H,13,22)(H2,14,15,16)(H2,17,18,19). The van der Waals surface area contributed by atoms with Crippen LogP contribution >= 0.6 is 27.4 Å². The summed E-state index contributed by atoms with van der Waals surface area (Å²) in [6.45, 7) is 0. The van der Waals surface area contributed by atoms with Crippen LogP contribution in [0.2, 0.25) is 0 Å². The summed E-state index contributed by atoms with van der Waals surface area (Å²) >= 11 is 4.54. The molecule has 0 aliphatic rings. The van der Waals surface area contributed by atoms with E-state index in [0.717, 1.165) is 12.1 Å². The first-order valence-corrected chi connectivity index (χ1v) is 9.08. The maximum Gasteiger partial charge on any atom is 0.416 e. The zero-order valence-corrected chi connectivity index (χ0v) is 13.0. The van der Waals surface area contributed by atoms with E-state index >= 15 is 0 Å². The molecule has 1 rings (SSSR count). The maximum absolute atomic E-state index is 12.4. The van der Waals surface area contributed by atoms with Crippen LogP contribution in [0, 0.1) is 0 Å². The second-order valence-corrected chi connectivity index (χ2v) is 8.35. The first kappa shape index (κ1) is 19.2. The maximum atomic E-state index is 12.4. The Bertz CT molecular complexity index is 630. The molecule has 0 spiro atoms. The van der Waals surface area contributed by atoms with Gasteiger partial charge in [0.15, 0.2) is 0 Å². The molecule has 0 atom stereocenters. The van der Waals surface area contributed by atoms with Crippen LogP contribution in [0.15, 0.2) is 24.3 Å². The normalized spacial score (nSPS) is 13.3. The molecule has 0 saturated heterocycles. The Kier molecular flexibility index (Phi) is 5.57. The van der Waals surface area contributed by atoms with Crippen LogP contribution in [-0.4, -0.2) is 30.0 Å². The number of benzene rings is 1. The summed E-state index contributed by atoms with van der Waals surface area (Å²) in [5, 5.41) is -0.459. The Hall–Kier alpha value is -0.800. The van der Waals surface area contributed by atoms with Gasteiger partial charge in [-0.1, -0.05) is 12.2 Å². The van der Waals surface area contributed by atoms with E-state index in [4.69, 9.17) is 19.6 Å². The summed E-state index contributed by atoms with van der Waals surface area (Å²) in [6, 6.07) is 3.17. The molecule has 0 bridgehead atoms. The van der Waals surface area contributed by atoms with Crippen molar-refractivity contribution in [3.05, 3.63) is 29.8 Å². The molecule has 0 aliphatic heterocycles. The van der Waals surface area contributed by atoms with E-state index in [1.54, 1.807) is 0 Å². The third kappa shape index (κ3) is 5.13. The van der Waals surface area contributed by atoms with Crippen molar-refractivity contribution in [2.75, 3.05) is 5.32 Å². The van der Waals surface area contributed by atoms with Gasteiger partial charge >= 0.3 is 21.4 Å². The van der Waals surface area contributed by atoms with E-state index in [1.165, 1.54) is 0 Å². The van der Waals surface area contributed by atoms with Crippen LogP contribution in [0.5, 0.6) is 0 Å². The lowest BCUT2D eigenvalue weighted by Gasteiger charge is -2.21. The van der Waals surface area contributed by atoms with E-state index in [-0.39, 0.29) is 5.69 Å². The van der Waals surface area contributed by atoms with Gasteiger partial charge in [-0.15, -0.1) is 0 Å². The molecule has 124 valence electrons. The topological polar surface area (TPSA) is 127 Å². The lowest BCUT2D eigenvalue weighted by molar-refractivity contribution is -0.137. The molecular weight excluding hydrogens is 369 g/mol. The summed E-state index contributed by atoms with van der Waals surface area (Å²) in [6.07, 6.45) is -4.57. The van der Waals surface area contributed by atoms with Crippen molar-refractivity contribution in [3.8, 4) is 0 Å². The Morgan fingerprint density at radius 1 is 1.05 bits per heavy atom. The molecule has 1 aromatic rings. The summed E-state index contributed by atoms with van der Waals surface area (Å²) in [5.74, 6) is 0. The van der Waals surface area contributed by atoms with Crippen LogP contribution in [0.25, 0.3) is 0 Å². The minimum Gasteiger partial charge on any atom is -0.349 e. The number of nitrogens with one attached hydrogen (secondary N) is 1. The highest BCUT2D eigenvalue weighted by atomic mass is 32.1. The monoisotopic (exact) mass is 379 g/mol. The first-order valence-electron chi connectivity index (χ1n) is 5.31. The van der Waals surface area contributed by atoms with Crippen molar-refractivity contribution < 1.29 is 41.9 Å². The van der Waals surface area contributed by atoms with Gasteiger partial charge in [-0.3, -0.25) is 9.13 Å². The molecule has 0 saturated carbocycles. The van der Waals surface area contributed by atoms with Gasteiger partial charge in [-0.2, -0.15) is 13.2 Å². The third-order valence-electron chi connectivity index (χ3n) is 2.35. The second-order valence-electron chi connectivity index (χ2n) is 4.12. The summed E-state index contributed by atoms with van der Waals surface area (Å²) < 4.78 is 59.4. The minimum atomic E-state index is -5.27. The molecule has 0 radical (unpaired) electrons. The molecule has 0 unspecified atom stereocenters. The van der Waals surface area contributed by atoms with E-state index in [0.29, 0.717) is 12.1 Å². The molecule has 0 heterocycles. The highest BCUT2D eigenvalue weighted by Crippen LogP contribution is 2.60. The molecule has 7 nitrogen and oxygen atoms in total. The highest BCUT2D eigenvalue weighted by Gasteiger charge is 2.46. The fraction of sp³-hybridized carbons (Fsp3) is 0.222. The van der Waals surface area contributed by atoms with E-state index < -0.39 is 37.3 Å². The number of hydrogen-bond acceptors (Lipinski definition) is 3. The van der Waals surface area contributed by atoms with Gasteiger partial charge in [0, 0.05) is 5.69 Å². The predicted molar refractivity (Wildman–Crippen MR) is 75.5 cm³/mol. The van der Waals surface area contributed by atoms with Gasteiger partial charge < -0.3 is 24.9 Å². The summed E-state index contributed by atoms with van der Waals surface area (Å²) in [5.41, 5.74) is -1.07. The molecule has 1 aromatic carbocycles. The molecule has 0 fully saturated rings. The van der Waals surface area contributed by atoms with Gasteiger partial charge in [-0.25, -0.2) is 0 Å². The van der Waals surface area contributed by atoms with Crippen LogP contribution in [0.4, 0.5) is 18.9 Å². The number of halogens is 3. The molecular formula is C9H10F3NO6P2S. The fourth-order valence-corrected chi connectivity index (χ4v) is 4.70. The SMILES string of the molecule is O=P(O)(O)C(C(=S)Nc1ccc(C(F)(F)F)cc1)P(=O)(O)O. The zero-order chi connectivity index (χ0) is 17.3. The van der Waals surface area contributed by atoms with Gasteiger partial charge in [0.25, 0.3) is 0 Å². The first-order chi connectivity index (χ1) is 9.73. The molecule has 0 aromatic heterocycles. The van der Waals surface area contributed by atoms with Crippen molar-refractivity contribution in [1.82, 2.24) is 0 Å². The molecule has 13 heteroatoms. The molecule has 22 heavy (non-hydrogen) atoms. The Labute approximate surface area is 127 Å². The average Bonchev–Trinajstić information content (AvgIpc) is 2.23. The Balaban J connectivity index is 3.01. The van der Waals surface area contributed by atoms with Crippen molar-refractivity contribution in [2.45, 2.75) is 11.6 Å². The average molecular weight is 379 g/mol. The van der Waals surface area contributed by atoms with Crippen LogP contribution < -0.4 is 5.32 Å². The molecule has 0 aliphatic carbocycles. The zero-order valence-electron chi connectivity index (χ0n) is 10.4. The van der Waals surface area contributed by atoms with Crippen molar-refractivity contribution in [2.24, 2.45) is 0 Å². The summed E-state index contributed by atoms with van der Waals surface area (Å²) in [4.78, 5) is 34.9. The lowest BCUT2D eigenvalue weighted by atomic mass is 10.2. The number of hydrogen-bond donors (Lipinski definition) is 5. The Morgan fingerprint density at radius 3 is 1.77 bits per heavy atom. The number of thiocarbonyl (C=S) groups is 1. The van der Waals surface area contributed by atoms with E-state index in [9.17, 15) is 22.3 Å². The third-order valence-corrected chi connectivity index (χ3v) is 6.63. The molecule has 5 N–H and O–H groups in total. The fourth-order valence-electron chi connectivity index (χ4n) is 1.45. The van der Waals surface area contributed by atoms with Crippen molar-refractivity contribution >= 4 is 38.1 Å². The van der Waals surface area contributed by atoms with Crippen LogP contribution in [0.3, 0.4) is 0 Å². The van der Waals surface area contributed by atoms with Crippen LogP contribution in [-0.2, 0) is 15.3 Å². The van der Waals surface area contributed by atoms with Gasteiger partial charge in [0.1, 0.15) is 4.99 Å². The van der Waals surface area contributed by atoms with Crippen molar-refractivity contribution in [1.29, 1.82) is 0 Å². The number of alkyl halides is 3. The van der Waals surface area contributed by atoms with Gasteiger partial charge in [-0.05, 0) is 24.3 Å². The summed E-state index contributed by atoms with van der Waals surface area (Å²) in [7, 11) is -10.5. The van der Waals surface area contributed by atoms with E-state index in [1.807, 2.05) is 0 Å². The highest BCUT2D eigenvalue weighted by molar-refractivity contribution is 7.85. The van der Waals surface area contributed by atoms with Crippen LogP contribution in [0.1, 0.15) is 5.56 Å². The minimum absolute atomic E-state index is 0.107. The number of rotatable bonds is 4. The Morgan fingerprint density at radius 2 is 1.45 bits per heavy atom. The van der Waals surface area contributed by atoms with Gasteiger partial charge in [0.05, 0.1) is 5.56 Å². The smallest absolute Gasteiger partial charge is 0.349 e. The second kappa shape index (κ2) is 6.37. The number of anilines is 1. The lowest BCUT2D eigenvalue weighted by Crippen LogP contribution is -2.26. The van der Waals surface area contributed by atoms with Crippen molar-refractivity contribution in [3.63, 3.8) is 0 Å². The quantitative estimate of drug-likeness (QED) is 0.398. The van der Waals surface area contributed by atoms with Gasteiger partial charge in [0.2, 0.25) is 5.40 Å². The van der Waals surface area contributed by atoms with E-state index in [2.05, 4.69) is 17.5 Å². The predicted octanol–water partition coefficient (Wildman–Crippen LogP) is 2.13. The largest absolute Gasteiger partial charge is 0.416 e.